The smallest absolute Gasteiger partial charge is 0.303 e. The molecule has 122 valence electrons. The molecule has 2 aromatic rings. The molecule has 7 heteroatoms. The van der Waals surface area contributed by atoms with Gasteiger partial charge in [-0.25, -0.2) is 4.68 Å². The standard InChI is InChI=1S/C16H18ClN3O3/c1-11-12(16(23)19(2)9-5-8-15(21)22)10-18-20(11)14-7-4-3-6-13(14)17/h3-4,6-7,10H,5,8-9H2,1-2H3,(H,21,22). The highest BCUT2D eigenvalue weighted by atomic mass is 35.5. The third-order valence-electron chi connectivity index (χ3n) is 3.55. The zero-order valence-corrected chi connectivity index (χ0v) is 13.7. The molecule has 0 spiro atoms. The number of carboxylic acids is 1. The Morgan fingerprint density at radius 1 is 1.35 bits per heavy atom. The molecule has 1 amide bonds. The lowest BCUT2D eigenvalue weighted by molar-refractivity contribution is -0.137. The second kappa shape index (κ2) is 7.28. The van der Waals surface area contributed by atoms with E-state index in [2.05, 4.69) is 5.10 Å². The van der Waals surface area contributed by atoms with Crippen molar-refractivity contribution in [3.05, 3.63) is 46.7 Å². The van der Waals surface area contributed by atoms with Crippen LogP contribution in [0, 0.1) is 6.92 Å². The van der Waals surface area contributed by atoms with Crippen molar-refractivity contribution in [3.63, 3.8) is 0 Å². The zero-order chi connectivity index (χ0) is 17.0. The minimum Gasteiger partial charge on any atom is -0.481 e. The van der Waals surface area contributed by atoms with E-state index in [1.807, 2.05) is 18.2 Å². The maximum absolute atomic E-state index is 12.5. The van der Waals surface area contributed by atoms with E-state index in [1.54, 1.807) is 24.7 Å². The van der Waals surface area contributed by atoms with Crippen molar-refractivity contribution in [1.82, 2.24) is 14.7 Å². The number of aromatic nitrogens is 2. The van der Waals surface area contributed by atoms with Gasteiger partial charge in [-0.2, -0.15) is 5.10 Å². The van der Waals surface area contributed by atoms with Crippen LogP contribution in [0.5, 0.6) is 0 Å². The second-order valence-electron chi connectivity index (χ2n) is 5.23. The Bertz CT molecular complexity index is 727. The largest absolute Gasteiger partial charge is 0.481 e. The second-order valence-corrected chi connectivity index (χ2v) is 5.64. The number of carbonyl (C=O) groups excluding carboxylic acids is 1. The Balaban J connectivity index is 2.17. The highest BCUT2D eigenvalue weighted by Crippen LogP contribution is 2.22. The molecule has 0 atom stereocenters. The van der Waals surface area contributed by atoms with E-state index in [0.717, 1.165) is 0 Å². The van der Waals surface area contributed by atoms with Crippen molar-refractivity contribution < 1.29 is 14.7 Å². The van der Waals surface area contributed by atoms with Gasteiger partial charge in [-0.15, -0.1) is 0 Å². The van der Waals surface area contributed by atoms with Crippen molar-refractivity contribution in [2.45, 2.75) is 19.8 Å². The van der Waals surface area contributed by atoms with Crippen molar-refractivity contribution in [3.8, 4) is 5.69 Å². The molecule has 0 radical (unpaired) electrons. The van der Waals surface area contributed by atoms with Gasteiger partial charge in [0.25, 0.3) is 5.91 Å². The summed E-state index contributed by atoms with van der Waals surface area (Å²) in [5.74, 6) is -1.06. The highest BCUT2D eigenvalue weighted by Gasteiger charge is 2.19. The molecule has 0 unspecified atom stereocenters. The molecule has 1 heterocycles. The number of nitrogens with zero attached hydrogens (tertiary/aromatic N) is 3. The first kappa shape index (κ1) is 17.0. The summed E-state index contributed by atoms with van der Waals surface area (Å²) in [6.07, 6.45) is 1.96. The van der Waals surface area contributed by atoms with Crippen LogP contribution in [0.15, 0.2) is 30.5 Å². The van der Waals surface area contributed by atoms with Crippen molar-refractivity contribution in [1.29, 1.82) is 0 Å². The van der Waals surface area contributed by atoms with E-state index >= 15 is 0 Å². The van der Waals surface area contributed by atoms with Gasteiger partial charge in [0.15, 0.2) is 0 Å². The molecule has 1 N–H and O–H groups in total. The molecule has 2 rings (SSSR count). The van der Waals surface area contributed by atoms with E-state index in [4.69, 9.17) is 16.7 Å². The van der Waals surface area contributed by atoms with Gasteiger partial charge in [0.1, 0.15) is 0 Å². The van der Waals surface area contributed by atoms with Crippen LogP contribution in [-0.4, -0.2) is 45.3 Å². The fourth-order valence-corrected chi connectivity index (χ4v) is 2.48. The molecule has 0 aliphatic heterocycles. The van der Waals surface area contributed by atoms with Crippen LogP contribution in [-0.2, 0) is 4.79 Å². The lowest BCUT2D eigenvalue weighted by atomic mass is 10.2. The van der Waals surface area contributed by atoms with Gasteiger partial charge in [0, 0.05) is 20.0 Å². The zero-order valence-electron chi connectivity index (χ0n) is 13.0. The minimum absolute atomic E-state index is 0.0372. The van der Waals surface area contributed by atoms with Gasteiger partial charge in [-0.1, -0.05) is 23.7 Å². The maximum atomic E-state index is 12.5. The number of carbonyl (C=O) groups is 2. The summed E-state index contributed by atoms with van der Waals surface area (Å²) < 4.78 is 1.63. The number of rotatable bonds is 6. The van der Waals surface area contributed by atoms with Crippen LogP contribution in [0.25, 0.3) is 5.69 Å². The van der Waals surface area contributed by atoms with Gasteiger partial charge in [-0.3, -0.25) is 9.59 Å². The number of halogens is 1. The predicted molar refractivity (Wildman–Crippen MR) is 87.1 cm³/mol. The number of benzene rings is 1. The Hall–Kier alpha value is -2.34. The van der Waals surface area contributed by atoms with Gasteiger partial charge in [-0.05, 0) is 25.5 Å². The predicted octanol–water partition coefficient (Wildman–Crippen LogP) is 2.77. The minimum atomic E-state index is -0.867. The third kappa shape index (κ3) is 3.90. The lowest BCUT2D eigenvalue weighted by Gasteiger charge is -2.16. The Morgan fingerprint density at radius 3 is 2.70 bits per heavy atom. The quantitative estimate of drug-likeness (QED) is 0.880. The molecule has 1 aromatic carbocycles. The van der Waals surface area contributed by atoms with E-state index in [1.165, 1.54) is 11.1 Å². The van der Waals surface area contributed by atoms with Crippen molar-refractivity contribution >= 4 is 23.5 Å². The molecular formula is C16H18ClN3O3. The number of para-hydroxylation sites is 1. The Labute approximate surface area is 139 Å². The molecule has 0 aliphatic carbocycles. The van der Waals surface area contributed by atoms with Crippen LogP contribution >= 0.6 is 11.6 Å². The Kier molecular flexibility index (Phi) is 5.39. The first-order valence-corrected chi connectivity index (χ1v) is 7.56. The third-order valence-corrected chi connectivity index (χ3v) is 3.87. The monoisotopic (exact) mass is 335 g/mol. The molecule has 6 nitrogen and oxygen atoms in total. The number of hydrogen-bond acceptors (Lipinski definition) is 3. The summed E-state index contributed by atoms with van der Waals surface area (Å²) in [4.78, 5) is 24.5. The SMILES string of the molecule is Cc1c(C(=O)N(C)CCCC(=O)O)cnn1-c1ccccc1Cl. The number of aliphatic carboxylic acids is 1. The lowest BCUT2D eigenvalue weighted by Crippen LogP contribution is -2.28. The summed E-state index contributed by atoms with van der Waals surface area (Å²) >= 11 is 6.17. The van der Waals surface area contributed by atoms with Crippen LogP contribution in [0.2, 0.25) is 5.02 Å². The molecule has 0 fully saturated rings. The fraction of sp³-hybridized carbons (Fsp3) is 0.312. The first-order chi connectivity index (χ1) is 10.9. The fourth-order valence-electron chi connectivity index (χ4n) is 2.26. The van der Waals surface area contributed by atoms with Crippen LogP contribution in [0.3, 0.4) is 0 Å². The van der Waals surface area contributed by atoms with E-state index in [-0.39, 0.29) is 12.3 Å². The van der Waals surface area contributed by atoms with Gasteiger partial charge < -0.3 is 10.0 Å². The van der Waals surface area contributed by atoms with Crippen molar-refractivity contribution in [2.75, 3.05) is 13.6 Å². The van der Waals surface area contributed by atoms with E-state index < -0.39 is 5.97 Å². The molecule has 0 aliphatic rings. The summed E-state index contributed by atoms with van der Waals surface area (Å²) in [5.41, 5.74) is 1.87. The number of carboxylic acid groups (broad SMARTS) is 1. The van der Waals surface area contributed by atoms with E-state index in [9.17, 15) is 9.59 Å². The normalized spacial score (nSPS) is 10.6. The molecular weight excluding hydrogens is 318 g/mol. The molecule has 0 saturated carbocycles. The molecule has 1 aromatic heterocycles. The summed E-state index contributed by atoms with van der Waals surface area (Å²) in [6, 6.07) is 7.26. The highest BCUT2D eigenvalue weighted by molar-refractivity contribution is 6.32. The van der Waals surface area contributed by atoms with Crippen LogP contribution in [0.1, 0.15) is 28.9 Å². The van der Waals surface area contributed by atoms with Crippen LogP contribution < -0.4 is 0 Å². The van der Waals surface area contributed by atoms with Gasteiger partial charge in [0.05, 0.1) is 28.2 Å². The number of hydrogen-bond donors (Lipinski definition) is 1. The topological polar surface area (TPSA) is 75.4 Å². The van der Waals surface area contributed by atoms with E-state index in [0.29, 0.717) is 34.9 Å². The maximum Gasteiger partial charge on any atom is 0.303 e. The summed E-state index contributed by atoms with van der Waals surface area (Å²) in [6.45, 7) is 2.18. The average Bonchev–Trinajstić information content (AvgIpc) is 2.88. The molecule has 23 heavy (non-hydrogen) atoms. The first-order valence-electron chi connectivity index (χ1n) is 7.18. The summed E-state index contributed by atoms with van der Waals surface area (Å²) in [7, 11) is 1.65. The number of amides is 1. The van der Waals surface area contributed by atoms with Gasteiger partial charge in [0.2, 0.25) is 0 Å². The average molecular weight is 336 g/mol. The van der Waals surface area contributed by atoms with Crippen LogP contribution in [0.4, 0.5) is 0 Å². The molecule has 0 bridgehead atoms. The van der Waals surface area contributed by atoms with Crippen molar-refractivity contribution in [2.24, 2.45) is 0 Å². The van der Waals surface area contributed by atoms with Gasteiger partial charge >= 0.3 is 5.97 Å². The Morgan fingerprint density at radius 2 is 2.04 bits per heavy atom. The summed E-state index contributed by atoms with van der Waals surface area (Å²) in [5, 5.41) is 13.5. The molecule has 0 saturated heterocycles.